The summed E-state index contributed by atoms with van der Waals surface area (Å²) in [6.45, 7) is 5.41. The lowest BCUT2D eigenvalue weighted by molar-refractivity contribution is 0.570. The minimum Gasteiger partial charge on any atom is -0.355 e. The van der Waals surface area contributed by atoms with Gasteiger partial charge in [-0.3, -0.25) is 0 Å². The summed E-state index contributed by atoms with van der Waals surface area (Å²) < 4.78 is 0. The van der Waals surface area contributed by atoms with Crippen LogP contribution in [0.2, 0.25) is 5.02 Å². The number of nitriles is 1. The maximum Gasteiger partial charge on any atom is 0.151 e. The highest BCUT2D eigenvalue weighted by Gasteiger charge is 2.22. The van der Waals surface area contributed by atoms with E-state index in [1.165, 1.54) is 19.3 Å². The molecule has 2 saturated heterocycles. The van der Waals surface area contributed by atoms with Crippen molar-refractivity contribution < 1.29 is 0 Å². The summed E-state index contributed by atoms with van der Waals surface area (Å²) in [5.41, 5.74) is 0.478. The van der Waals surface area contributed by atoms with Gasteiger partial charge in [0.25, 0.3) is 0 Å². The first-order valence-corrected chi connectivity index (χ1v) is 9.76. The predicted octanol–water partition coefficient (Wildman–Crippen LogP) is 2.71. The van der Waals surface area contributed by atoms with Gasteiger partial charge in [-0.25, -0.2) is 4.98 Å². The largest absolute Gasteiger partial charge is 0.355 e. The topological polar surface area (TPSA) is 72.2 Å². The summed E-state index contributed by atoms with van der Waals surface area (Å²) in [6, 6.07) is 7.88. The lowest BCUT2D eigenvalue weighted by Gasteiger charge is -2.36. The molecule has 8 heteroatoms. The van der Waals surface area contributed by atoms with Crippen molar-refractivity contribution in [3.05, 3.63) is 35.0 Å². The number of piperazine rings is 1. The predicted molar refractivity (Wildman–Crippen MR) is 106 cm³/mol. The number of nitrogens with zero attached hydrogens (tertiary/aromatic N) is 7. The zero-order valence-corrected chi connectivity index (χ0v) is 15.9. The van der Waals surface area contributed by atoms with Crippen molar-refractivity contribution in [2.45, 2.75) is 19.3 Å². The van der Waals surface area contributed by atoms with Gasteiger partial charge in [0.05, 0.1) is 10.6 Å². The SMILES string of the molecule is N#Cc1cnc(N2CCN(c3ccc(N4CCCCC4)nn3)CC2)c(Cl)c1. The number of piperidine rings is 1. The van der Waals surface area contributed by atoms with E-state index in [-0.39, 0.29) is 0 Å². The normalized spacial score (nSPS) is 17.7. The molecule has 0 N–H and O–H groups in total. The standard InChI is InChI=1S/C19H22ClN7/c20-16-12-15(13-21)14-22-19(16)27-10-8-26(9-11-27)18-5-4-17(23-24-18)25-6-2-1-3-7-25/h4-5,12,14H,1-3,6-11H2. The molecule has 0 unspecified atom stereocenters. The molecule has 0 radical (unpaired) electrons. The zero-order chi connectivity index (χ0) is 18.6. The van der Waals surface area contributed by atoms with Crippen LogP contribution in [0.5, 0.6) is 0 Å². The third-order valence-electron chi connectivity index (χ3n) is 5.17. The van der Waals surface area contributed by atoms with E-state index in [0.717, 1.165) is 56.7 Å². The van der Waals surface area contributed by atoms with Gasteiger partial charge in [-0.2, -0.15) is 5.26 Å². The summed E-state index contributed by atoms with van der Waals surface area (Å²) in [7, 11) is 0. The van der Waals surface area contributed by atoms with Crippen molar-refractivity contribution >= 4 is 29.1 Å². The molecule has 2 aromatic heterocycles. The molecule has 2 aromatic rings. The molecule has 4 heterocycles. The van der Waals surface area contributed by atoms with Crippen molar-refractivity contribution in [2.75, 3.05) is 54.0 Å². The second kappa shape index (κ2) is 7.97. The molecule has 4 rings (SSSR count). The first-order chi connectivity index (χ1) is 13.2. The number of anilines is 3. The van der Waals surface area contributed by atoms with Gasteiger partial charge in [0.15, 0.2) is 11.6 Å². The first kappa shape index (κ1) is 17.8. The Labute approximate surface area is 164 Å². The molecule has 2 aliphatic rings. The minimum absolute atomic E-state index is 0.478. The van der Waals surface area contributed by atoms with Crippen LogP contribution in [0.4, 0.5) is 17.5 Å². The molecule has 0 amide bonds. The fraction of sp³-hybridized carbons (Fsp3) is 0.474. The molecule has 0 aromatic carbocycles. The number of pyridine rings is 1. The van der Waals surface area contributed by atoms with Crippen LogP contribution in [0.3, 0.4) is 0 Å². The fourth-order valence-corrected chi connectivity index (χ4v) is 3.94. The first-order valence-electron chi connectivity index (χ1n) is 9.39. The lowest BCUT2D eigenvalue weighted by atomic mass is 10.1. The van der Waals surface area contributed by atoms with Gasteiger partial charge in [-0.1, -0.05) is 11.6 Å². The smallest absolute Gasteiger partial charge is 0.151 e. The molecule has 27 heavy (non-hydrogen) atoms. The second-order valence-electron chi connectivity index (χ2n) is 6.91. The molecule has 2 fully saturated rings. The van der Waals surface area contributed by atoms with E-state index < -0.39 is 0 Å². The average Bonchev–Trinajstić information content (AvgIpc) is 2.74. The average molecular weight is 384 g/mol. The van der Waals surface area contributed by atoms with Crippen LogP contribution in [0.25, 0.3) is 0 Å². The highest BCUT2D eigenvalue weighted by molar-refractivity contribution is 6.33. The summed E-state index contributed by atoms with van der Waals surface area (Å²) in [4.78, 5) is 11.1. The van der Waals surface area contributed by atoms with E-state index >= 15 is 0 Å². The number of halogens is 1. The Morgan fingerprint density at radius 2 is 1.44 bits per heavy atom. The number of aromatic nitrogens is 3. The maximum atomic E-state index is 8.94. The van der Waals surface area contributed by atoms with Gasteiger partial charge in [-0.15, -0.1) is 10.2 Å². The third-order valence-corrected chi connectivity index (χ3v) is 5.45. The Hall–Kier alpha value is -2.59. The van der Waals surface area contributed by atoms with E-state index in [2.05, 4.69) is 48.1 Å². The Kier molecular flexibility index (Phi) is 5.26. The minimum atomic E-state index is 0.478. The number of hydrogen-bond acceptors (Lipinski definition) is 7. The molecule has 0 atom stereocenters. The van der Waals surface area contributed by atoms with E-state index in [1.54, 1.807) is 12.3 Å². The lowest BCUT2D eigenvalue weighted by Crippen LogP contribution is -2.47. The van der Waals surface area contributed by atoms with Crippen molar-refractivity contribution in [3.8, 4) is 6.07 Å². The van der Waals surface area contributed by atoms with Gasteiger partial charge < -0.3 is 14.7 Å². The monoisotopic (exact) mass is 383 g/mol. The summed E-state index contributed by atoms with van der Waals surface area (Å²) in [5, 5.41) is 18.4. The van der Waals surface area contributed by atoms with Gasteiger partial charge in [0.2, 0.25) is 0 Å². The third kappa shape index (κ3) is 3.91. The summed E-state index contributed by atoms with van der Waals surface area (Å²) >= 11 is 6.29. The Morgan fingerprint density at radius 1 is 0.852 bits per heavy atom. The van der Waals surface area contributed by atoms with Crippen LogP contribution in [0.15, 0.2) is 24.4 Å². The van der Waals surface area contributed by atoms with Gasteiger partial charge in [0.1, 0.15) is 11.9 Å². The molecule has 7 nitrogen and oxygen atoms in total. The van der Waals surface area contributed by atoms with Crippen LogP contribution in [-0.4, -0.2) is 54.4 Å². The quantitative estimate of drug-likeness (QED) is 0.806. The molecule has 2 aliphatic heterocycles. The van der Waals surface area contributed by atoms with Gasteiger partial charge >= 0.3 is 0 Å². The van der Waals surface area contributed by atoms with Crippen molar-refractivity contribution in [1.29, 1.82) is 5.26 Å². The second-order valence-corrected chi connectivity index (χ2v) is 7.32. The van der Waals surface area contributed by atoms with Gasteiger partial charge in [0, 0.05) is 45.5 Å². The number of hydrogen-bond donors (Lipinski definition) is 0. The van der Waals surface area contributed by atoms with E-state index in [0.29, 0.717) is 10.6 Å². The molecular weight excluding hydrogens is 362 g/mol. The highest BCUT2D eigenvalue weighted by Crippen LogP contribution is 2.26. The van der Waals surface area contributed by atoms with E-state index in [1.807, 2.05) is 0 Å². The van der Waals surface area contributed by atoms with Crippen LogP contribution in [-0.2, 0) is 0 Å². The molecule has 0 spiro atoms. The van der Waals surface area contributed by atoms with Crippen molar-refractivity contribution in [2.24, 2.45) is 0 Å². The Bertz CT molecular complexity index is 819. The van der Waals surface area contributed by atoms with E-state index in [9.17, 15) is 0 Å². The molecule has 140 valence electrons. The summed E-state index contributed by atoms with van der Waals surface area (Å²) in [5.74, 6) is 2.63. The van der Waals surface area contributed by atoms with Crippen LogP contribution in [0.1, 0.15) is 24.8 Å². The maximum absolute atomic E-state index is 8.94. The molecular formula is C19H22ClN7. The van der Waals surface area contributed by atoms with Crippen molar-refractivity contribution in [1.82, 2.24) is 15.2 Å². The Balaban J connectivity index is 1.38. The zero-order valence-electron chi connectivity index (χ0n) is 15.2. The number of rotatable bonds is 3. The van der Waals surface area contributed by atoms with Gasteiger partial charge in [-0.05, 0) is 37.5 Å². The molecule has 0 bridgehead atoms. The fourth-order valence-electron chi connectivity index (χ4n) is 3.65. The van der Waals surface area contributed by atoms with Crippen LogP contribution < -0.4 is 14.7 Å². The molecule has 0 aliphatic carbocycles. The molecule has 0 saturated carbocycles. The van der Waals surface area contributed by atoms with Crippen LogP contribution >= 0.6 is 11.6 Å². The highest BCUT2D eigenvalue weighted by atomic mass is 35.5. The Morgan fingerprint density at radius 3 is 2.00 bits per heavy atom. The summed E-state index contributed by atoms with van der Waals surface area (Å²) in [6.07, 6.45) is 5.34. The van der Waals surface area contributed by atoms with Crippen LogP contribution in [0, 0.1) is 11.3 Å². The van der Waals surface area contributed by atoms with Crippen molar-refractivity contribution in [3.63, 3.8) is 0 Å². The van der Waals surface area contributed by atoms with E-state index in [4.69, 9.17) is 16.9 Å².